The maximum atomic E-state index is 10.8. The summed E-state index contributed by atoms with van der Waals surface area (Å²) < 4.78 is 0. The normalized spacial score (nSPS) is 10.8. The van der Waals surface area contributed by atoms with Gasteiger partial charge in [-0.3, -0.25) is 15.1 Å². The van der Waals surface area contributed by atoms with Gasteiger partial charge in [0.25, 0.3) is 5.69 Å². The maximum Gasteiger partial charge on any atom is 0.290 e. The van der Waals surface area contributed by atoms with Crippen molar-refractivity contribution >= 4 is 29.2 Å². The Labute approximate surface area is 115 Å². The minimum atomic E-state index is -0.519. The number of aliphatic imine (C=N–C) groups is 1. The lowest BCUT2D eigenvalue weighted by atomic mass is 10.1. The van der Waals surface area contributed by atoms with E-state index in [0.717, 1.165) is 11.1 Å². The van der Waals surface area contributed by atoms with Crippen LogP contribution < -0.4 is 0 Å². The van der Waals surface area contributed by atoms with E-state index in [9.17, 15) is 10.1 Å². The van der Waals surface area contributed by atoms with Crippen molar-refractivity contribution in [1.29, 1.82) is 0 Å². The molecule has 2 rings (SSSR count). The van der Waals surface area contributed by atoms with Crippen molar-refractivity contribution in [3.8, 4) is 0 Å². The number of hydrogen-bond donors (Lipinski definition) is 0. The summed E-state index contributed by atoms with van der Waals surface area (Å²) in [6, 6.07) is 12.2. The number of rotatable bonds is 3. The van der Waals surface area contributed by atoms with Gasteiger partial charge in [-0.2, -0.15) is 0 Å². The molecular weight excluding hydrogens is 264 g/mol. The van der Waals surface area contributed by atoms with E-state index in [1.54, 1.807) is 12.3 Å². The molecule has 0 aliphatic rings. The van der Waals surface area contributed by atoms with Gasteiger partial charge in [0.1, 0.15) is 5.02 Å². The zero-order valence-electron chi connectivity index (χ0n) is 10.2. The van der Waals surface area contributed by atoms with Crippen molar-refractivity contribution in [3.63, 3.8) is 0 Å². The van der Waals surface area contributed by atoms with Gasteiger partial charge in [-0.05, 0) is 30.2 Å². The first kappa shape index (κ1) is 13.2. The van der Waals surface area contributed by atoms with E-state index in [-0.39, 0.29) is 10.7 Å². The molecule has 0 bridgehead atoms. The van der Waals surface area contributed by atoms with Crippen molar-refractivity contribution in [2.75, 3.05) is 0 Å². The highest BCUT2D eigenvalue weighted by Crippen LogP contribution is 2.28. The molecular formula is C14H11ClN2O2. The van der Waals surface area contributed by atoms with Crippen LogP contribution in [-0.2, 0) is 0 Å². The van der Waals surface area contributed by atoms with Crippen LogP contribution in [0.15, 0.2) is 47.5 Å². The summed E-state index contributed by atoms with van der Waals surface area (Å²) in [6.45, 7) is 1.98. The van der Waals surface area contributed by atoms with Crippen LogP contribution in [-0.4, -0.2) is 11.1 Å². The molecule has 0 heterocycles. The fourth-order valence-corrected chi connectivity index (χ4v) is 1.78. The quantitative estimate of drug-likeness (QED) is 0.476. The highest BCUT2D eigenvalue weighted by molar-refractivity contribution is 6.32. The molecule has 2 aromatic carbocycles. The first-order valence-corrected chi connectivity index (χ1v) is 5.99. The maximum absolute atomic E-state index is 10.8. The van der Waals surface area contributed by atoms with E-state index in [2.05, 4.69) is 4.99 Å². The van der Waals surface area contributed by atoms with Crippen LogP contribution in [0, 0.1) is 17.0 Å². The summed E-state index contributed by atoms with van der Waals surface area (Å²) in [5.74, 6) is 0. The molecule has 0 unspecified atom stereocenters. The lowest BCUT2D eigenvalue weighted by Gasteiger charge is -1.99. The molecule has 2 aromatic rings. The smallest absolute Gasteiger partial charge is 0.258 e. The molecule has 0 amide bonds. The first-order chi connectivity index (χ1) is 9.08. The number of benzene rings is 2. The van der Waals surface area contributed by atoms with E-state index >= 15 is 0 Å². The Hall–Kier alpha value is -2.20. The molecule has 5 heteroatoms. The molecule has 19 heavy (non-hydrogen) atoms. The van der Waals surface area contributed by atoms with Crippen molar-refractivity contribution in [2.45, 2.75) is 6.92 Å². The van der Waals surface area contributed by atoms with E-state index in [0.29, 0.717) is 5.69 Å². The monoisotopic (exact) mass is 274 g/mol. The fourth-order valence-electron chi connectivity index (χ4n) is 1.60. The number of nitro groups is 1. The fraction of sp³-hybridized carbons (Fsp3) is 0.0714. The summed E-state index contributed by atoms with van der Waals surface area (Å²) in [5, 5.41) is 10.9. The zero-order valence-corrected chi connectivity index (χ0v) is 11.0. The SMILES string of the molecule is Cc1ccccc1C=Nc1ccc(Cl)c([N+](=O)[O-])c1. The molecule has 0 fully saturated rings. The Kier molecular flexibility index (Phi) is 3.92. The zero-order chi connectivity index (χ0) is 13.8. The van der Waals surface area contributed by atoms with Gasteiger partial charge in [0, 0.05) is 12.3 Å². The lowest BCUT2D eigenvalue weighted by Crippen LogP contribution is -1.89. The number of nitro benzene ring substituents is 1. The third-order valence-electron chi connectivity index (χ3n) is 2.67. The second-order valence-electron chi connectivity index (χ2n) is 4.01. The Morgan fingerprint density at radius 2 is 2.00 bits per heavy atom. The van der Waals surface area contributed by atoms with Gasteiger partial charge in [0.15, 0.2) is 0 Å². The number of aryl methyl sites for hydroxylation is 1. The topological polar surface area (TPSA) is 55.5 Å². The first-order valence-electron chi connectivity index (χ1n) is 5.61. The summed E-state index contributed by atoms with van der Waals surface area (Å²) in [4.78, 5) is 14.5. The lowest BCUT2D eigenvalue weighted by molar-refractivity contribution is -0.384. The van der Waals surface area contributed by atoms with E-state index in [4.69, 9.17) is 11.6 Å². The van der Waals surface area contributed by atoms with Crippen molar-refractivity contribution in [2.24, 2.45) is 4.99 Å². The number of hydrogen-bond acceptors (Lipinski definition) is 3. The molecule has 0 radical (unpaired) electrons. The minimum Gasteiger partial charge on any atom is -0.258 e. The molecule has 0 atom stereocenters. The van der Waals surface area contributed by atoms with E-state index in [1.807, 2.05) is 31.2 Å². The van der Waals surface area contributed by atoms with Crippen molar-refractivity contribution < 1.29 is 4.92 Å². The number of nitrogens with zero attached hydrogens (tertiary/aromatic N) is 2. The van der Waals surface area contributed by atoms with Crippen LogP contribution in [0.2, 0.25) is 5.02 Å². The Balaban J connectivity index is 2.32. The van der Waals surface area contributed by atoms with Gasteiger partial charge >= 0.3 is 0 Å². The predicted octanol–water partition coefficient (Wildman–Crippen LogP) is 4.31. The average molecular weight is 275 g/mol. The Morgan fingerprint density at radius 1 is 1.26 bits per heavy atom. The summed E-state index contributed by atoms with van der Waals surface area (Å²) in [5.41, 5.74) is 2.43. The average Bonchev–Trinajstić information content (AvgIpc) is 2.39. The molecule has 0 aliphatic carbocycles. The molecule has 0 saturated carbocycles. The summed E-state index contributed by atoms with van der Waals surface area (Å²) >= 11 is 5.74. The van der Waals surface area contributed by atoms with Gasteiger partial charge in [-0.25, -0.2) is 0 Å². The molecule has 96 valence electrons. The third-order valence-corrected chi connectivity index (χ3v) is 2.99. The standard InChI is InChI=1S/C14H11ClN2O2/c1-10-4-2-3-5-11(10)9-16-12-6-7-13(15)14(8-12)17(18)19/h2-9H,1H3. The van der Waals surface area contributed by atoms with Gasteiger partial charge in [-0.1, -0.05) is 35.9 Å². The predicted molar refractivity (Wildman–Crippen MR) is 76.5 cm³/mol. The summed E-state index contributed by atoms with van der Waals surface area (Å²) in [7, 11) is 0. The van der Waals surface area contributed by atoms with E-state index in [1.165, 1.54) is 12.1 Å². The second kappa shape index (κ2) is 5.63. The molecule has 0 N–H and O–H groups in total. The molecule has 0 saturated heterocycles. The summed E-state index contributed by atoms with van der Waals surface area (Å²) in [6.07, 6.45) is 1.68. The van der Waals surface area contributed by atoms with Gasteiger partial charge in [-0.15, -0.1) is 0 Å². The third kappa shape index (κ3) is 3.17. The Bertz CT molecular complexity index is 654. The van der Waals surface area contributed by atoms with Crippen LogP contribution in [0.3, 0.4) is 0 Å². The van der Waals surface area contributed by atoms with Gasteiger partial charge in [0.2, 0.25) is 0 Å². The largest absolute Gasteiger partial charge is 0.290 e. The van der Waals surface area contributed by atoms with Gasteiger partial charge < -0.3 is 0 Å². The highest BCUT2D eigenvalue weighted by atomic mass is 35.5. The highest BCUT2D eigenvalue weighted by Gasteiger charge is 2.12. The van der Waals surface area contributed by atoms with Crippen LogP contribution in [0.5, 0.6) is 0 Å². The molecule has 0 spiro atoms. The molecule has 4 nitrogen and oxygen atoms in total. The van der Waals surface area contributed by atoms with Crippen LogP contribution in [0.25, 0.3) is 0 Å². The van der Waals surface area contributed by atoms with Crippen LogP contribution in [0.4, 0.5) is 11.4 Å². The molecule has 0 aliphatic heterocycles. The Morgan fingerprint density at radius 3 is 2.68 bits per heavy atom. The van der Waals surface area contributed by atoms with Crippen molar-refractivity contribution in [3.05, 3.63) is 68.7 Å². The van der Waals surface area contributed by atoms with Crippen LogP contribution in [0.1, 0.15) is 11.1 Å². The second-order valence-corrected chi connectivity index (χ2v) is 4.41. The van der Waals surface area contributed by atoms with Gasteiger partial charge in [0.05, 0.1) is 10.6 Å². The minimum absolute atomic E-state index is 0.111. The number of halogens is 1. The molecule has 0 aromatic heterocycles. The van der Waals surface area contributed by atoms with Crippen LogP contribution >= 0.6 is 11.6 Å². The van der Waals surface area contributed by atoms with Crippen molar-refractivity contribution in [1.82, 2.24) is 0 Å². The van der Waals surface area contributed by atoms with E-state index < -0.39 is 4.92 Å².